The van der Waals surface area contributed by atoms with Crippen molar-refractivity contribution < 1.29 is 13.2 Å². The minimum atomic E-state index is -4.52. The van der Waals surface area contributed by atoms with Gasteiger partial charge in [0.05, 0.1) is 16.7 Å². The van der Waals surface area contributed by atoms with Gasteiger partial charge in [0.25, 0.3) is 0 Å². The van der Waals surface area contributed by atoms with Crippen LogP contribution in [0.2, 0.25) is 5.02 Å². The van der Waals surface area contributed by atoms with Crippen LogP contribution in [0, 0.1) is 0 Å². The Morgan fingerprint density at radius 1 is 1.07 bits per heavy atom. The molecule has 6 nitrogen and oxygen atoms in total. The zero-order valence-electron chi connectivity index (χ0n) is 14.4. The third kappa shape index (κ3) is 3.77. The van der Waals surface area contributed by atoms with Crippen molar-refractivity contribution >= 4 is 33.2 Å². The fourth-order valence-corrected chi connectivity index (χ4v) is 3.45. The van der Waals surface area contributed by atoms with Crippen molar-refractivity contribution in [1.29, 1.82) is 0 Å². The second-order valence-corrected chi connectivity index (χ2v) is 7.33. The fourth-order valence-electron chi connectivity index (χ4n) is 2.72. The minimum Gasteiger partial charge on any atom is -0.251 e. The number of aromatic nitrogens is 5. The molecule has 0 aliphatic rings. The lowest BCUT2D eigenvalue weighted by Crippen LogP contribution is -2.22. The van der Waals surface area contributed by atoms with Crippen molar-refractivity contribution in [3.8, 4) is 11.3 Å². The lowest BCUT2D eigenvalue weighted by Gasteiger charge is -2.06. The molecule has 0 saturated carbocycles. The normalized spacial score (nSPS) is 11.9. The molecule has 0 bridgehead atoms. The molecule has 0 radical (unpaired) electrons. The largest absolute Gasteiger partial charge is 0.433 e. The number of halogens is 5. The van der Waals surface area contributed by atoms with E-state index < -0.39 is 17.6 Å². The Hall–Kier alpha value is -2.72. The van der Waals surface area contributed by atoms with Gasteiger partial charge in [-0.2, -0.15) is 13.2 Å². The van der Waals surface area contributed by atoms with E-state index in [9.17, 15) is 18.0 Å². The van der Waals surface area contributed by atoms with Crippen LogP contribution in [0.1, 0.15) is 11.3 Å². The number of fused-ring (bicyclic) bond motifs is 1. The molecule has 1 aromatic carbocycles. The van der Waals surface area contributed by atoms with Crippen LogP contribution in [-0.4, -0.2) is 24.1 Å². The molecule has 0 spiro atoms. The molecule has 4 aromatic rings. The SMILES string of the molecule is O=c1n(Cc2ccc(C(F)(F)F)nc2)nc2c(Br)c(-c3ccc(Cl)cc3)ncn12. The summed E-state index contributed by atoms with van der Waals surface area (Å²) < 4.78 is 40.8. The molecule has 0 amide bonds. The summed E-state index contributed by atoms with van der Waals surface area (Å²) in [6.07, 6.45) is -2.10. The first-order chi connectivity index (χ1) is 13.7. The quantitative estimate of drug-likeness (QED) is 0.431. The topological polar surface area (TPSA) is 65.1 Å². The first-order valence-electron chi connectivity index (χ1n) is 8.16. The Morgan fingerprint density at radius 2 is 1.79 bits per heavy atom. The molecule has 0 aliphatic carbocycles. The molecule has 3 aromatic heterocycles. The van der Waals surface area contributed by atoms with Crippen LogP contribution in [0.15, 0.2) is 58.2 Å². The van der Waals surface area contributed by atoms with E-state index in [1.165, 1.54) is 16.8 Å². The van der Waals surface area contributed by atoms with Crippen LogP contribution < -0.4 is 5.69 Å². The summed E-state index contributed by atoms with van der Waals surface area (Å²) in [7, 11) is 0. The number of hydrogen-bond donors (Lipinski definition) is 0. The fraction of sp³-hybridized carbons (Fsp3) is 0.111. The van der Waals surface area contributed by atoms with E-state index in [-0.39, 0.29) is 6.54 Å². The van der Waals surface area contributed by atoms with E-state index in [1.54, 1.807) is 24.3 Å². The highest BCUT2D eigenvalue weighted by molar-refractivity contribution is 9.10. The molecular formula is C18H10BrClF3N5O. The highest BCUT2D eigenvalue weighted by Gasteiger charge is 2.32. The predicted octanol–water partition coefficient (Wildman–Crippen LogP) is 4.44. The zero-order valence-corrected chi connectivity index (χ0v) is 16.7. The number of nitrogens with zero attached hydrogens (tertiary/aromatic N) is 5. The molecule has 4 rings (SSSR count). The maximum atomic E-state index is 12.6. The average Bonchev–Trinajstić information content (AvgIpc) is 2.99. The van der Waals surface area contributed by atoms with Crippen LogP contribution in [-0.2, 0) is 12.7 Å². The second kappa shape index (κ2) is 7.27. The molecular weight excluding hydrogens is 475 g/mol. The first kappa shape index (κ1) is 19.6. The lowest BCUT2D eigenvalue weighted by molar-refractivity contribution is -0.141. The summed E-state index contributed by atoms with van der Waals surface area (Å²) in [6, 6.07) is 9.14. The van der Waals surface area contributed by atoms with Crippen LogP contribution >= 0.6 is 27.5 Å². The molecule has 0 aliphatic heterocycles. The maximum absolute atomic E-state index is 12.6. The number of hydrogen-bond acceptors (Lipinski definition) is 4. The Kier molecular flexibility index (Phi) is 4.91. The van der Waals surface area contributed by atoms with Crippen LogP contribution in [0.4, 0.5) is 13.2 Å². The van der Waals surface area contributed by atoms with E-state index in [4.69, 9.17) is 11.6 Å². The summed E-state index contributed by atoms with van der Waals surface area (Å²) in [6.45, 7) is -0.0334. The highest BCUT2D eigenvalue weighted by atomic mass is 79.9. The van der Waals surface area contributed by atoms with E-state index in [0.717, 1.165) is 22.5 Å². The lowest BCUT2D eigenvalue weighted by atomic mass is 10.1. The molecule has 0 saturated heterocycles. The minimum absolute atomic E-state index is 0.0334. The van der Waals surface area contributed by atoms with Gasteiger partial charge in [0.2, 0.25) is 0 Å². The summed E-state index contributed by atoms with van der Waals surface area (Å²) in [5, 5.41) is 4.87. The van der Waals surface area contributed by atoms with Crippen LogP contribution in [0.25, 0.3) is 16.9 Å². The number of benzene rings is 1. The van der Waals surface area contributed by atoms with Gasteiger partial charge in [-0.3, -0.25) is 4.98 Å². The van der Waals surface area contributed by atoms with E-state index in [0.29, 0.717) is 26.4 Å². The smallest absolute Gasteiger partial charge is 0.251 e. The van der Waals surface area contributed by atoms with Crippen molar-refractivity contribution in [3.63, 3.8) is 0 Å². The summed E-state index contributed by atoms with van der Waals surface area (Å²) in [4.78, 5) is 20.3. The van der Waals surface area contributed by atoms with Gasteiger partial charge < -0.3 is 0 Å². The Morgan fingerprint density at radius 3 is 2.41 bits per heavy atom. The van der Waals surface area contributed by atoms with Gasteiger partial charge in [-0.1, -0.05) is 29.8 Å². The third-order valence-electron chi connectivity index (χ3n) is 4.14. The second-order valence-electron chi connectivity index (χ2n) is 6.10. The summed E-state index contributed by atoms with van der Waals surface area (Å²) >= 11 is 9.34. The van der Waals surface area contributed by atoms with Crippen molar-refractivity contribution in [1.82, 2.24) is 24.1 Å². The zero-order chi connectivity index (χ0) is 20.8. The van der Waals surface area contributed by atoms with Crippen LogP contribution in [0.3, 0.4) is 0 Å². The predicted molar refractivity (Wildman–Crippen MR) is 104 cm³/mol. The monoisotopic (exact) mass is 483 g/mol. The van der Waals surface area contributed by atoms with Gasteiger partial charge in [0, 0.05) is 16.8 Å². The summed E-state index contributed by atoms with van der Waals surface area (Å²) in [5.41, 5.74) is 0.611. The number of rotatable bonds is 3. The first-order valence-corrected chi connectivity index (χ1v) is 9.33. The maximum Gasteiger partial charge on any atom is 0.433 e. The van der Waals surface area contributed by atoms with Gasteiger partial charge in [-0.15, -0.1) is 5.10 Å². The van der Waals surface area contributed by atoms with Crippen molar-refractivity contribution in [3.05, 3.63) is 80.2 Å². The van der Waals surface area contributed by atoms with Gasteiger partial charge in [0.15, 0.2) is 5.65 Å². The van der Waals surface area contributed by atoms with E-state index in [2.05, 4.69) is 31.0 Å². The molecule has 148 valence electrons. The standard InChI is InChI=1S/C18H10BrClF3N5O/c19-14-15(11-2-4-12(20)5-3-11)25-9-27-16(14)26-28(17(27)29)8-10-1-6-13(24-7-10)18(21,22)23/h1-7,9H,8H2. The molecule has 11 heteroatoms. The number of pyridine rings is 1. The van der Waals surface area contributed by atoms with Gasteiger partial charge in [-0.05, 0) is 39.7 Å². The highest BCUT2D eigenvalue weighted by Crippen LogP contribution is 2.29. The van der Waals surface area contributed by atoms with E-state index >= 15 is 0 Å². The number of alkyl halides is 3. The van der Waals surface area contributed by atoms with Crippen LogP contribution in [0.5, 0.6) is 0 Å². The van der Waals surface area contributed by atoms with Gasteiger partial charge in [-0.25, -0.2) is 18.9 Å². The summed E-state index contributed by atoms with van der Waals surface area (Å²) in [5.74, 6) is 0. The Balaban J connectivity index is 1.71. The van der Waals surface area contributed by atoms with Crippen molar-refractivity contribution in [2.75, 3.05) is 0 Å². The Labute approximate surface area is 174 Å². The molecule has 29 heavy (non-hydrogen) atoms. The molecule has 0 fully saturated rings. The molecule has 3 heterocycles. The van der Waals surface area contributed by atoms with E-state index in [1.807, 2.05) is 0 Å². The van der Waals surface area contributed by atoms with Crippen molar-refractivity contribution in [2.45, 2.75) is 12.7 Å². The van der Waals surface area contributed by atoms with Gasteiger partial charge >= 0.3 is 11.9 Å². The molecule has 0 unspecified atom stereocenters. The third-order valence-corrected chi connectivity index (χ3v) is 5.12. The average molecular weight is 485 g/mol. The molecule has 0 atom stereocenters. The van der Waals surface area contributed by atoms with Gasteiger partial charge in [0.1, 0.15) is 12.0 Å². The molecule has 0 N–H and O–H groups in total. The van der Waals surface area contributed by atoms with Crippen molar-refractivity contribution in [2.24, 2.45) is 0 Å². The Bertz CT molecular complexity index is 1250.